The van der Waals surface area contributed by atoms with E-state index in [0.717, 1.165) is 5.56 Å². The Hall–Kier alpha value is -1.90. The van der Waals surface area contributed by atoms with E-state index in [2.05, 4.69) is 4.98 Å². The van der Waals surface area contributed by atoms with Crippen LogP contribution in [-0.4, -0.2) is 12.1 Å². The molecular formula is C13H12FNO. The Morgan fingerprint density at radius 3 is 2.56 bits per heavy atom. The number of rotatable bonds is 2. The van der Waals surface area contributed by atoms with Crippen LogP contribution in [0, 0.1) is 12.7 Å². The van der Waals surface area contributed by atoms with E-state index < -0.39 is 0 Å². The normalized spacial score (nSPS) is 10.2. The summed E-state index contributed by atoms with van der Waals surface area (Å²) in [4.78, 5) is 4.15. The Kier molecular flexibility index (Phi) is 2.86. The zero-order valence-electron chi connectivity index (χ0n) is 9.20. The number of hydrogen-bond donors (Lipinski definition) is 0. The van der Waals surface area contributed by atoms with Gasteiger partial charge in [-0.25, -0.2) is 4.39 Å². The SMILES string of the molecule is COc1ccc(-c2ccc(C)cc2F)nc1. The van der Waals surface area contributed by atoms with E-state index in [1.807, 2.05) is 13.0 Å². The lowest BCUT2D eigenvalue weighted by molar-refractivity contribution is 0.413. The molecule has 0 bridgehead atoms. The number of aromatic nitrogens is 1. The summed E-state index contributed by atoms with van der Waals surface area (Å²) in [5, 5.41) is 0. The van der Waals surface area contributed by atoms with E-state index >= 15 is 0 Å². The van der Waals surface area contributed by atoms with E-state index in [1.54, 1.807) is 31.5 Å². The molecule has 2 aromatic rings. The molecule has 0 fully saturated rings. The predicted molar refractivity (Wildman–Crippen MR) is 60.9 cm³/mol. The third kappa shape index (κ3) is 2.03. The third-order valence-electron chi connectivity index (χ3n) is 2.37. The number of aryl methyl sites for hydroxylation is 1. The zero-order chi connectivity index (χ0) is 11.5. The molecule has 0 aliphatic carbocycles. The minimum absolute atomic E-state index is 0.252. The van der Waals surface area contributed by atoms with Gasteiger partial charge in [0.1, 0.15) is 11.6 Å². The summed E-state index contributed by atoms with van der Waals surface area (Å²) in [5.74, 6) is 0.411. The van der Waals surface area contributed by atoms with Gasteiger partial charge >= 0.3 is 0 Å². The average Bonchev–Trinajstić information content (AvgIpc) is 2.29. The highest BCUT2D eigenvalue weighted by Gasteiger charge is 2.06. The maximum Gasteiger partial charge on any atom is 0.137 e. The predicted octanol–water partition coefficient (Wildman–Crippen LogP) is 3.20. The zero-order valence-corrected chi connectivity index (χ0v) is 9.20. The highest BCUT2D eigenvalue weighted by atomic mass is 19.1. The highest BCUT2D eigenvalue weighted by molar-refractivity contribution is 5.60. The molecule has 0 spiro atoms. The number of methoxy groups -OCH3 is 1. The Labute approximate surface area is 93.7 Å². The number of halogens is 1. The second-order valence-corrected chi connectivity index (χ2v) is 3.57. The first-order chi connectivity index (χ1) is 7.70. The molecule has 2 rings (SSSR count). The maximum atomic E-state index is 13.6. The molecule has 1 aromatic carbocycles. The van der Waals surface area contributed by atoms with Gasteiger partial charge in [-0.2, -0.15) is 0 Å². The molecule has 0 aliphatic rings. The second kappa shape index (κ2) is 4.31. The fraction of sp³-hybridized carbons (Fsp3) is 0.154. The Morgan fingerprint density at radius 2 is 2.00 bits per heavy atom. The number of hydrogen-bond acceptors (Lipinski definition) is 2. The molecule has 0 unspecified atom stereocenters. The Balaban J connectivity index is 2.42. The van der Waals surface area contributed by atoms with Crippen molar-refractivity contribution in [2.24, 2.45) is 0 Å². The highest BCUT2D eigenvalue weighted by Crippen LogP contribution is 2.22. The molecule has 0 aliphatic heterocycles. The van der Waals surface area contributed by atoms with Crippen molar-refractivity contribution in [3.63, 3.8) is 0 Å². The topological polar surface area (TPSA) is 22.1 Å². The monoisotopic (exact) mass is 217 g/mol. The number of pyridine rings is 1. The van der Waals surface area contributed by atoms with Crippen LogP contribution in [0.5, 0.6) is 5.75 Å². The smallest absolute Gasteiger partial charge is 0.137 e. The van der Waals surface area contributed by atoms with Gasteiger partial charge in [0.25, 0.3) is 0 Å². The van der Waals surface area contributed by atoms with Gasteiger partial charge in [0, 0.05) is 5.56 Å². The van der Waals surface area contributed by atoms with Crippen molar-refractivity contribution in [2.45, 2.75) is 6.92 Å². The fourth-order valence-electron chi connectivity index (χ4n) is 1.49. The first-order valence-corrected chi connectivity index (χ1v) is 4.97. The van der Waals surface area contributed by atoms with Crippen molar-refractivity contribution in [3.8, 4) is 17.0 Å². The molecule has 0 atom stereocenters. The van der Waals surface area contributed by atoms with Gasteiger partial charge < -0.3 is 4.74 Å². The molecule has 1 aromatic heterocycles. The summed E-state index contributed by atoms with van der Waals surface area (Å²) in [7, 11) is 1.57. The van der Waals surface area contributed by atoms with Gasteiger partial charge in [-0.3, -0.25) is 4.98 Å². The van der Waals surface area contributed by atoms with Crippen LogP contribution < -0.4 is 4.74 Å². The molecule has 0 amide bonds. The van der Waals surface area contributed by atoms with Crippen LogP contribution in [0.25, 0.3) is 11.3 Å². The fourth-order valence-corrected chi connectivity index (χ4v) is 1.49. The molecule has 16 heavy (non-hydrogen) atoms. The third-order valence-corrected chi connectivity index (χ3v) is 2.37. The van der Waals surface area contributed by atoms with E-state index in [9.17, 15) is 4.39 Å². The van der Waals surface area contributed by atoms with Crippen molar-refractivity contribution in [1.82, 2.24) is 4.98 Å². The molecule has 3 heteroatoms. The first kappa shape index (κ1) is 10.6. The van der Waals surface area contributed by atoms with Crippen molar-refractivity contribution < 1.29 is 9.13 Å². The molecule has 0 saturated carbocycles. The standard InChI is InChI=1S/C13H12FNO/c1-9-3-5-11(12(14)7-9)13-6-4-10(16-2)8-15-13/h3-8H,1-2H3. The van der Waals surface area contributed by atoms with Crippen LogP contribution in [0.1, 0.15) is 5.56 Å². The number of ether oxygens (including phenoxy) is 1. The first-order valence-electron chi connectivity index (χ1n) is 4.97. The van der Waals surface area contributed by atoms with Gasteiger partial charge in [-0.1, -0.05) is 6.07 Å². The van der Waals surface area contributed by atoms with Gasteiger partial charge in [-0.05, 0) is 36.8 Å². The van der Waals surface area contributed by atoms with Gasteiger partial charge in [0.05, 0.1) is 19.0 Å². The van der Waals surface area contributed by atoms with Crippen LogP contribution in [0.2, 0.25) is 0 Å². The average molecular weight is 217 g/mol. The lowest BCUT2D eigenvalue weighted by Crippen LogP contribution is -1.90. The molecule has 82 valence electrons. The van der Waals surface area contributed by atoms with Crippen LogP contribution in [0.15, 0.2) is 36.5 Å². The minimum Gasteiger partial charge on any atom is -0.495 e. The minimum atomic E-state index is -0.252. The van der Waals surface area contributed by atoms with E-state index in [0.29, 0.717) is 17.0 Å². The molecule has 0 N–H and O–H groups in total. The largest absolute Gasteiger partial charge is 0.495 e. The maximum absolute atomic E-state index is 13.6. The summed E-state index contributed by atoms with van der Waals surface area (Å²) in [6.45, 7) is 1.86. The molecule has 1 heterocycles. The summed E-state index contributed by atoms with van der Waals surface area (Å²) in [6, 6.07) is 8.61. The summed E-state index contributed by atoms with van der Waals surface area (Å²) >= 11 is 0. The van der Waals surface area contributed by atoms with Crippen molar-refractivity contribution in [1.29, 1.82) is 0 Å². The van der Waals surface area contributed by atoms with Crippen LogP contribution in [0.3, 0.4) is 0 Å². The van der Waals surface area contributed by atoms with Crippen molar-refractivity contribution in [3.05, 3.63) is 47.9 Å². The van der Waals surface area contributed by atoms with E-state index in [-0.39, 0.29) is 5.82 Å². The van der Waals surface area contributed by atoms with Crippen LogP contribution in [-0.2, 0) is 0 Å². The van der Waals surface area contributed by atoms with Gasteiger partial charge in [-0.15, -0.1) is 0 Å². The molecule has 0 saturated heterocycles. The lowest BCUT2D eigenvalue weighted by Gasteiger charge is -2.04. The second-order valence-electron chi connectivity index (χ2n) is 3.57. The lowest BCUT2D eigenvalue weighted by atomic mass is 10.1. The summed E-state index contributed by atoms with van der Waals surface area (Å²) in [6.07, 6.45) is 1.58. The molecular weight excluding hydrogens is 205 g/mol. The number of nitrogens with zero attached hydrogens (tertiary/aromatic N) is 1. The summed E-state index contributed by atoms with van der Waals surface area (Å²) < 4.78 is 18.6. The van der Waals surface area contributed by atoms with Gasteiger partial charge in [0.2, 0.25) is 0 Å². The Bertz CT molecular complexity index is 494. The molecule has 0 radical (unpaired) electrons. The summed E-state index contributed by atoms with van der Waals surface area (Å²) in [5.41, 5.74) is 2.02. The van der Waals surface area contributed by atoms with Crippen molar-refractivity contribution in [2.75, 3.05) is 7.11 Å². The number of benzene rings is 1. The van der Waals surface area contributed by atoms with E-state index in [1.165, 1.54) is 6.07 Å². The Morgan fingerprint density at radius 1 is 1.19 bits per heavy atom. The molecule has 2 nitrogen and oxygen atoms in total. The van der Waals surface area contributed by atoms with Crippen LogP contribution in [0.4, 0.5) is 4.39 Å². The van der Waals surface area contributed by atoms with Gasteiger partial charge in [0.15, 0.2) is 0 Å². The quantitative estimate of drug-likeness (QED) is 0.770. The van der Waals surface area contributed by atoms with Crippen LogP contribution >= 0.6 is 0 Å². The van der Waals surface area contributed by atoms with E-state index in [4.69, 9.17) is 4.74 Å². The van der Waals surface area contributed by atoms with Crippen molar-refractivity contribution >= 4 is 0 Å².